The first-order valence-electron chi connectivity index (χ1n) is 6.65. The van der Waals surface area contributed by atoms with Crippen LogP contribution in [0.4, 0.5) is 8.78 Å². The number of halogens is 2. The molecule has 0 bridgehead atoms. The molecule has 20 heavy (non-hydrogen) atoms. The Morgan fingerprint density at radius 2 is 1.70 bits per heavy atom. The summed E-state index contributed by atoms with van der Waals surface area (Å²) in [5, 5.41) is 0. The number of hydrogen-bond donors (Lipinski definition) is 1. The van der Waals surface area contributed by atoms with Crippen molar-refractivity contribution < 1.29 is 17.2 Å². The minimum atomic E-state index is -3.93. The molecule has 2 N–H and O–H groups in total. The first kappa shape index (κ1) is 15.3. The van der Waals surface area contributed by atoms with E-state index in [0.29, 0.717) is 13.1 Å². The van der Waals surface area contributed by atoms with E-state index in [0.717, 1.165) is 37.8 Å². The Hall–Kier alpha value is -1.05. The molecule has 0 spiro atoms. The molecule has 1 heterocycles. The molecule has 1 aromatic carbocycles. The van der Waals surface area contributed by atoms with Gasteiger partial charge in [-0.15, -0.1) is 0 Å². The standard InChI is InChI=1S/C13H18F2N2O2S/c14-11-5-6-12(13(15)10(11)9-16)20(18,19)17-7-3-1-2-4-8-17/h5-6H,1-4,7-9,16H2. The van der Waals surface area contributed by atoms with Crippen molar-refractivity contribution in [1.29, 1.82) is 0 Å². The number of sulfonamides is 1. The fraction of sp³-hybridized carbons (Fsp3) is 0.538. The molecule has 112 valence electrons. The average molecular weight is 304 g/mol. The molecule has 0 atom stereocenters. The van der Waals surface area contributed by atoms with Crippen LogP contribution < -0.4 is 5.73 Å². The average Bonchev–Trinajstić information content (AvgIpc) is 2.68. The second-order valence-electron chi connectivity index (χ2n) is 4.86. The van der Waals surface area contributed by atoms with Gasteiger partial charge in [0.25, 0.3) is 0 Å². The summed E-state index contributed by atoms with van der Waals surface area (Å²) in [6.07, 6.45) is 3.44. The van der Waals surface area contributed by atoms with Crippen molar-refractivity contribution in [3.8, 4) is 0 Å². The molecule has 1 aromatic rings. The summed E-state index contributed by atoms with van der Waals surface area (Å²) in [6, 6.07) is 1.93. The lowest BCUT2D eigenvalue weighted by molar-refractivity contribution is 0.418. The highest BCUT2D eigenvalue weighted by Gasteiger charge is 2.29. The second kappa shape index (κ2) is 6.15. The highest BCUT2D eigenvalue weighted by Crippen LogP contribution is 2.25. The summed E-state index contributed by atoms with van der Waals surface area (Å²) in [5.74, 6) is -1.89. The van der Waals surface area contributed by atoms with E-state index in [4.69, 9.17) is 5.73 Å². The smallest absolute Gasteiger partial charge is 0.245 e. The van der Waals surface area contributed by atoms with E-state index in [9.17, 15) is 17.2 Å². The van der Waals surface area contributed by atoms with Gasteiger partial charge in [0.2, 0.25) is 10.0 Å². The molecule has 1 aliphatic rings. The molecular formula is C13H18F2N2O2S. The molecule has 0 amide bonds. The molecule has 1 saturated heterocycles. The van der Waals surface area contributed by atoms with Gasteiger partial charge in [0.05, 0.1) is 0 Å². The fourth-order valence-corrected chi connectivity index (χ4v) is 3.99. The van der Waals surface area contributed by atoms with Crippen molar-refractivity contribution in [2.45, 2.75) is 37.1 Å². The minimum Gasteiger partial charge on any atom is -0.326 e. The van der Waals surface area contributed by atoms with Gasteiger partial charge >= 0.3 is 0 Å². The van der Waals surface area contributed by atoms with E-state index < -0.39 is 26.6 Å². The predicted molar refractivity (Wildman–Crippen MR) is 71.5 cm³/mol. The van der Waals surface area contributed by atoms with Gasteiger partial charge in [-0.3, -0.25) is 0 Å². The lowest BCUT2D eigenvalue weighted by Gasteiger charge is -2.20. The monoisotopic (exact) mass is 304 g/mol. The molecule has 2 rings (SSSR count). The summed E-state index contributed by atoms with van der Waals surface area (Å²) < 4.78 is 53.8. The van der Waals surface area contributed by atoms with Gasteiger partial charge < -0.3 is 5.73 Å². The van der Waals surface area contributed by atoms with Gasteiger partial charge in [-0.1, -0.05) is 12.8 Å². The Morgan fingerprint density at radius 3 is 2.25 bits per heavy atom. The molecule has 4 nitrogen and oxygen atoms in total. The molecule has 0 aromatic heterocycles. The van der Waals surface area contributed by atoms with Crippen molar-refractivity contribution in [2.75, 3.05) is 13.1 Å². The first-order chi connectivity index (χ1) is 9.48. The van der Waals surface area contributed by atoms with E-state index in [1.165, 1.54) is 4.31 Å². The van der Waals surface area contributed by atoms with Crippen molar-refractivity contribution in [3.63, 3.8) is 0 Å². The number of rotatable bonds is 3. The van der Waals surface area contributed by atoms with Gasteiger partial charge in [-0.05, 0) is 25.0 Å². The zero-order valence-electron chi connectivity index (χ0n) is 11.1. The van der Waals surface area contributed by atoms with Crippen LogP contribution in [0.1, 0.15) is 31.2 Å². The van der Waals surface area contributed by atoms with Crippen molar-refractivity contribution in [3.05, 3.63) is 29.3 Å². The minimum absolute atomic E-state index is 0.372. The van der Waals surface area contributed by atoms with E-state index in [2.05, 4.69) is 0 Å². The number of benzene rings is 1. The van der Waals surface area contributed by atoms with Crippen LogP contribution in [0.2, 0.25) is 0 Å². The maximum atomic E-state index is 14.2. The molecule has 0 unspecified atom stereocenters. The largest absolute Gasteiger partial charge is 0.326 e. The van der Waals surface area contributed by atoms with Crippen molar-refractivity contribution in [2.24, 2.45) is 5.73 Å². The lowest BCUT2D eigenvalue weighted by atomic mass is 10.2. The van der Waals surface area contributed by atoms with Crippen LogP contribution >= 0.6 is 0 Å². The summed E-state index contributed by atoms with van der Waals surface area (Å²) in [6.45, 7) is 0.370. The Bertz CT molecular complexity index is 582. The second-order valence-corrected chi connectivity index (χ2v) is 6.77. The molecule has 0 aliphatic carbocycles. The fourth-order valence-electron chi connectivity index (χ4n) is 2.38. The van der Waals surface area contributed by atoms with Gasteiger partial charge in [-0.25, -0.2) is 17.2 Å². The third-order valence-corrected chi connectivity index (χ3v) is 5.45. The Balaban J connectivity index is 2.43. The quantitative estimate of drug-likeness (QED) is 0.929. The van der Waals surface area contributed by atoms with E-state index in [-0.39, 0.29) is 12.1 Å². The number of nitrogens with zero attached hydrogens (tertiary/aromatic N) is 1. The Labute approximate surface area is 117 Å². The van der Waals surface area contributed by atoms with E-state index >= 15 is 0 Å². The lowest BCUT2D eigenvalue weighted by Crippen LogP contribution is -2.32. The van der Waals surface area contributed by atoms with E-state index in [1.54, 1.807) is 0 Å². The van der Waals surface area contributed by atoms with Crippen LogP contribution in [0.5, 0.6) is 0 Å². The highest BCUT2D eigenvalue weighted by atomic mass is 32.2. The molecule has 0 radical (unpaired) electrons. The Morgan fingerprint density at radius 1 is 1.10 bits per heavy atom. The summed E-state index contributed by atoms with van der Waals surface area (Å²) in [4.78, 5) is -0.485. The molecule has 1 fully saturated rings. The maximum Gasteiger partial charge on any atom is 0.245 e. The summed E-state index contributed by atoms with van der Waals surface area (Å²) >= 11 is 0. The van der Waals surface area contributed by atoms with Crippen LogP contribution in [-0.2, 0) is 16.6 Å². The van der Waals surface area contributed by atoms with Crippen LogP contribution in [0.3, 0.4) is 0 Å². The molecular weight excluding hydrogens is 286 g/mol. The summed E-state index contributed by atoms with van der Waals surface area (Å²) in [5.41, 5.74) is 4.89. The van der Waals surface area contributed by atoms with Gasteiger partial charge in [0.15, 0.2) is 5.82 Å². The first-order valence-corrected chi connectivity index (χ1v) is 8.09. The third kappa shape index (κ3) is 2.84. The zero-order chi connectivity index (χ0) is 14.8. The molecule has 7 heteroatoms. The SMILES string of the molecule is NCc1c(F)ccc(S(=O)(=O)N2CCCCCC2)c1F. The number of hydrogen-bond acceptors (Lipinski definition) is 3. The van der Waals surface area contributed by atoms with Gasteiger partial charge in [0.1, 0.15) is 10.7 Å². The van der Waals surface area contributed by atoms with Crippen molar-refractivity contribution >= 4 is 10.0 Å². The third-order valence-electron chi connectivity index (χ3n) is 3.54. The normalized spacial score (nSPS) is 17.9. The highest BCUT2D eigenvalue weighted by molar-refractivity contribution is 7.89. The predicted octanol–water partition coefficient (Wildman–Crippen LogP) is 1.99. The van der Waals surface area contributed by atoms with Gasteiger partial charge in [0, 0.05) is 25.2 Å². The van der Waals surface area contributed by atoms with Crippen LogP contribution in [-0.4, -0.2) is 25.8 Å². The topological polar surface area (TPSA) is 63.4 Å². The molecule has 0 saturated carbocycles. The van der Waals surface area contributed by atoms with Gasteiger partial charge in [-0.2, -0.15) is 4.31 Å². The Kier molecular flexibility index (Phi) is 4.72. The van der Waals surface area contributed by atoms with Crippen LogP contribution in [0, 0.1) is 11.6 Å². The number of nitrogens with two attached hydrogens (primary N) is 1. The zero-order valence-corrected chi connectivity index (χ0v) is 11.9. The van der Waals surface area contributed by atoms with Crippen molar-refractivity contribution in [1.82, 2.24) is 4.31 Å². The maximum absolute atomic E-state index is 14.2. The van der Waals surface area contributed by atoms with Crippen LogP contribution in [0.15, 0.2) is 17.0 Å². The van der Waals surface area contributed by atoms with Crippen LogP contribution in [0.25, 0.3) is 0 Å². The van der Waals surface area contributed by atoms with E-state index in [1.807, 2.05) is 0 Å². The summed E-state index contributed by atoms with van der Waals surface area (Å²) in [7, 11) is -3.93. The molecule has 1 aliphatic heterocycles.